The number of halogens is 1. The predicted octanol–water partition coefficient (Wildman–Crippen LogP) is -1.50. The molecule has 2 aliphatic rings. The molecule has 1 N–H and O–H groups in total. The second-order valence-electron chi connectivity index (χ2n) is 4.43. The first-order valence-corrected chi connectivity index (χ1v) is 7.10. The molecule has 3 rings (SSSR count). The molecule has 2 heterocycles. The van der Waals surface area contributed by atoms with E-state index in [4.69, 9.17) is 0 Å². The summed E-state index contributed by atoms with van der Waals surface area (Å²) in [5.74, 6) is 1.07. The number of hydrogen-bond acceptors (Lipinski definition) is 2. The fourth-order valence-electron chi connectivity index (χ4n) is 2.53. The zero-order valence-corrected chi connectivity index (χ0v) is 12.2. The Labute approximate surface area is 123 Å². The van der Waals surface area contributed by atoms with E-state index < -0.39 is 0 Å². The van der Waals surface area contributed by atoms with Crippen molar-refractivity contribution in [2.24, 2.45) is 0 Å². The molecule has 1 aromatic carbocycles. The van der Waals surface area contributed by atoms with Crippen LogP contribution in [0.2, 0.25) is 0 Å². The summed E-state index contributed by atoms with van der Waals surface area (Å²) in [5, 5.41) is 3.85. The van der Waals surface area contributed by atoms with Crippen molar-refractivity contribution in [2.75, 3.05) is 25.9 Å². The van der Waals surface area contributed by atoms with Gasteiger partial charge in [0.1, 0.15) is 6.54 Å². The minimum Gasteiger partial charge on any atom is -1.00 e. The third-order valence-electron chi connectivity index (χ3n) is 3.39. The number of nitrogens with zero attached hydrogens (tertiary/aromatic N) is 2. The van der Waals surface area contributed by atoms with E-state index in [-0.39, 0.29) is 24.5 Å². The minimum atomic E-state index is -0.0178. The van der Waals surface area contributed by atoms with Crippen molar-refractivity contribution in [3.05, 3.63) is 35.9 Å². The Morgan fingerprint density at radius 3 is 2.84 bits per heavy atom. The number of amidine groups is 1. The van der Waals surface area contributed by atoms with Gasteiger partial charge >= 0.3 is 11.2 Å². The Morgan fingerprint density at radius 2 is 2.16 bits per heavy atom. The lowest BCUT2D eigenvalue weighted by Crippen LogP contribution is -3.00. The molecular weight excluding hydrogens is 282 g/mol. The van der Waals surface area contributed by atoms with E-state index in [2.05, 4.69) is 22.0 Å². The SMILES string of the molecule is CNC(=O)N1C2=[N+](CCS2)CC1c1ccccc1.[Cl-]. The van der Waals surface area contributed by atoms with Crippen LogP contribution in [0.25, 0.3) is 0 Å². The summed E-state index contributed by atoms with van der Waals surface area (Å²) in [5.41, 5.74) is 1.20. The van der Waals surface area contributed by atoms with Crippen molar-refractivity contribution in [3.8, 4) is 0 Å². The van der Waals surface area contributed by atoms with Crippen LogP contribution in [-0.2, 0) is 0 Å². The van der Waals surface area contributed by atoms with Gasteiger partial charge in [-0.1, -0.05) is 30.3 Å². The molecule has 2 amide bonds. The Hall–Kier alpha value is -1.20. The van der Waals surface area contributed by atoms with E-state index in [1.807, 2.05) is 23.1 Å². The van der Waals surface area contributed by atoms with Crippen molar-refractivity contribution in [2.45, 2.75) is 6.04 Å². The number of amides is 2. The summed E-state index contributed by atoms with van der Waals surface area (Å²) in [6, 6.07) is 10.4. The zero-order valence-electron chi connectivity index (χ0n) is 10.7. The van der Waals surface area contributed by atoms with E-state index >= 15 is 0 Å². The number of nitrogens with one attached hydrogen (secondary N) is 1. The maximum Gasteiger partial charge on any atom is 0.409 e. The maximum absolute atomic E-state index is 12.1. The molecule has 1 atom stereocenters. The first-order chi connectivity index (χ1) is 8.81. The van der Waals surface area contributed by atoms with Crippen molar-refractivity contribution in [1.29, 1.82) is 0 Å². The summed E-state index contributed by atoms with van der Waals surface area (Å²) < 4.78 is 2.30. The summed E-state index contributed by atoms with van der Waals surface area (Å²) >= 11 is 1.77. The lowest BCUT2D eigenvalue weighted by atomic mass is 10.1. The lowest BCUT2D eigenvalue weighted by Gasteiger charge is -2.17. The first-order valence-electron chi connectivity index (χ1n) is 6.12. The van der Waals surface area contributed by atoms with E-state index in [0.29, 0.717) is 0 Å². The van der Waals surface area contributed by atoms with Crippen LogP contribution in [-0.4, -0.2) is 46.6 Å². The summed E-state index contributed by atoms with van der Waals surface area (Å²) in [7, 11) is 1.69. The second kappa shape index (κ2) is 5.84. The topological polar surface area (TPSA) is 35.4 Å². The predicted molar refractivity (Wildman–Crippen MR) is 72.9 cm³/mol. The number of carbonyl (C=O) groups excluding carboxylic acids is 1. The fourth-order valence-corrected chi connectivity index (χ4v) is 3.72. The van der Waals surface area contributed by atoms with Crippen molar-refractivity contribution in [3.63, 3.8) is 0 Å². The molecule has 0 saturated carbocycles. The number of urea groups is 1. The van der Waals surface area contributed by atoms with Crippen molar-refractivity contribution < 1.29 is 21.8 Å². The largest absolute Gasteiger partial charge is 1.00 e. The molecule has 1 unspecified atom stereocenters. The summed E-state index contributed by atoms with van der Waals surface area (Å²) in [6.07, 6.45) is 0. The highest BCUT2D eigenvalue weighted by Gasteiger charge is 2.47. The van der Waals surface area contributed by atoms with Crippen LogP contribution in [0.15, 0.2) is 30.3 Å². The quantitative estimate of drug-likeness (QED) is 0.641. The van der Waals surface area contributed by atoms with Crippen LogP contribution in [0.3, 0.4) is 0 Å². The van der Waals surface area contributed by atoms with Crippen LogP contribution in [0.5, 0.6) is 0 Å². The van der Waals surface area contributed by atoms with Gasteiger partial charge in [0, 0.05) is 18.4 Å². The number of carbonyl (C=O) groups is 1. The molecule has 0 aromatic heterocycles. The maximum atomic E-state index is 12.1. The van der Waals surface area contributed by atoms with E-state index in [9.17, 15) is 4.79 Å². The molecule has 0 radical (unpaired) electrons. The van der Waals surface area contributed by atoms with Gasteiger partial charge in [-0.2, -0.15) is 4.90 Å². The van der Waals surface area contributed by atoms with Crippen LogP contribution in [0.4, 0.5) is 4.79 Å². The molecule has 0 fully saturated rings. The highest BCUT2D eigenvalue weighted by atomic mass is 35.5. The highest BCUT2D eigenvalue weighted by molar-refractivity contribution is 8.13. The normalized spacial score (nSPS) is 21.1. The Kier molecular flexibility index (Phi) is 4.37. The van der Waals surface area contributed by atoms with Crippen LogP contribution >= 0.6 is 11.8 Å². The molecule has 1 aromatic rings. The molecule has 0 aliphatic carbocycles. The number of thioether (sulfide) groups is 1. The monoisotopic (exact) mass is 297 g/mol. The molecule has 0 saturated heterocycles. The molecule has 0 spiro atoms. The standard InChI is InChI=1S/C13H15N3OS.ClH/c1-14-12(17)16-11(10-5-3-2-4-6-10)9-15-7-8-18-13(15)16;/h2-6,11H,7-9H2,1H3;1H. The van der Waals surface area contributed by atoms with Gasteiger partial charge in [-0.05, 0) is 11.8 Å². The van der Waals surface area contributed by atoms with Gasteiger partial charge in [0.25, 0.3) is 0 Å². The van der Waals surface area contributed by atoms with E-state index in [1.165, 1.54) is 5.56 Å². The summed E-state index contributed by atoms with van der Waals surface area (Å²) in [4.78, 5) is 14.0. The number of benzene rings is 1. The first kappa shape index (κ1) is 14.2. The Balaban J connectivity index is 0.00000133. The molecule has 2 aliphatic heterocycles. The third-order valence-corrected chi connectivity index (χ3v) is 4.49. The minimum absolute atomic E-state index is 0. The fraction of sp³-hybridized carbons (Fsp3) is 0.385. The van der Waals surface area contributed by atoms with Gasteiger partial charge in [0.05, 0.1) is 6.54 Å². The smallest absolute Gasteiger partial charge is 0.409 e. The van der Waals surface area contributed by atoms with E-state index in [0.717, 1.165) is 24.0 Å². The molecule has 6 heteroatoms. The van der Waals surface area contributed by atoms with Crippen molar-refractivity contribution >= 4 is 23.0 Å². The van der Waals surface area contributed by atoms with Gasteiger partial charge in [-0.15, -0.1) is 0 Å². The second-order valence-corrected chi connectivity index (χ2v) is 5.49. The Bertz CT molecular complexity index is 506. The lowest BCUT2D eigenvalue weighted by molar-refractivity contribution is -0.511. The molecule has 0 bridgehead atoms. The third kappa shape index (κ3) is 2.44. The van der Waals surface area contributed by atoms with Gasteiger partial charge in [0.2, 0.25) is 0 Å². The number of rotatable bonds is 1. The van der Waals surface area contributed by atoms with Gasteiger partial charge in [-0.25, -0.2) is 4.79 Å². The van der Waals surface area contributed by atoms with Gasteiger partial charge in [-0.3, -0.25) is 4.58 Å². The summed E-state index contributed by atoms with van der Waals surface area (Å²) in [6.45, 7) is 1.94. The average molecular weight is 298 g/mol. The van der Waals surface area contributed by atoms with Crippen LogP contribution in [0.1, 0.15) is 11.6 Å². The van der Waals surface area contributed by atoms with Crippen LogP contribution < -0.4 is 17.7 Å². The average Bonchev–Trinajstić information content (AvgIpc) is 2.98. The van der Waals surface area contributed by atoms with Gasteiger partial charge < -0.3 is 17.7 Å². The zero-order chi connectivity index (χ0) is 12.5. The van der Waals surface area contributed by atoms with Gasteiger partial charge in [0.15, 0.2) is 6.04 Å². The molecule has 102 valence electrons. The molecule has 4 nitrogen and oxygen atoms in total. The number of hydrogen-bond donors (Lipinski definition) is 1. The molecule has 19 heavy (non-hydrogen) atoms. The molecular formula is C13H16ClN3OS. The highest BCUT2D eigenvalue weighted by Crippen LogP contribution is 2.32. The van der Waals surface area contributed by atoms with Crippen molar-refractivity contribution in [1.82, 2.24) is 10.2 Å². The van der Waals surface area contributed by atoms with E-state index in [1.54, 1.807) is 18.8 Å². The Morgan fingerprint density at radius 1 is 1.42 bits per heavy atom. The van der Waals surface area contributed by atoms with Crippen LogP contribution in [0, 0.1) is 0 Å².